The van der Waals surface area contributed by atoms with Crippen LogP contribution in [-0.2, 0) is 11.3 Å². The summed E-state index contributed by atoms with van der Waals surface area (Å²) in [5.74, 6) is 0.554. The summed E-state index contributed by atoms with van der Waals surface area (Å²) in [5, 5.41) is 17.8. The Morgan fingerprint density at radius 1 is 1.06 bits per heavy atom. The molecule has 2 aromatic carbocycles. The molecule has 1 N–H and O–H groups in total. The lowest BCUT2D eigenvalue weighted by atomic mass is 10.1. The van der Waals surface area contributed by atoms with Crippen molar-refractivity contribution in [3.8, 4) is 28.5 Å². The van der Waals surface area contributed by atoms with Gasteiger partial charge in [0.1, 0.15) is 12.2 Å². The summed E-state index contributed by atoms with van der Waals surface area (Å²) in [6.07, 6.45) is 0. The third-order valence-corrected chi connectivity index (χ3v) is 4.50. The molecule has 11 heteroatoms. The van der Waals surface area contributed by atoms with Crippen LogP contribution in [0.25, 0.3) is 11.3 Å². The third kappa shape index (κ3) is 4.67. The van der Waals surface area contributed by atoms with Gasteiger partial charge in [-0.2, -0.15) is 5.10 Å². The Balaban J connectivity index is 1.91. The number of anilines is 1. The lowest BCUT2D eigenvalue weighted by Gasteiger charge is -2.14. The molecule has 3 aromatic rings. The van der Waals surface area contributed by atoms with E-state index < -0.39 is 22.9 Å². The monoisotopic (exact) mass is 440 g/mol. The summed E-state index contributed by atoms with van der Waals surface area (Å²) >= 11 is 0. The Labute approximate surface area is 182 Å². The van der Waals surface area contributed by atoms with Crippen molar-refractivity contribution >= 4 is 17.3 Å². The molecule has 1 aromatic heterocycles. The molecule has 0 atom stereocenters. The van der Waals surface area contributed by atoms with Crippen molar-refractivity contribution in [2.24, 2.45) is 0 Å². The summed E-state index contributed by atoms with van der Waals surface area (Å²) in [7, 11) is 4.43. The number of nitrogens with zero attached hydrogens (tertiary/aromatic N) is 3. The second-order valence-electron chi connectivity index (χ2n) is 6.45. The topological polar surface area (TPSA) is 135 Å². The molecule has 0 aliphatic rings. The van der Waals surface area contributed by atoms with Crippen LogP contribution >= 0.6 is 0 Å². The molecule has 0 aliphatic heterocycles. The van der Waals surface area contributed by atoms with Gasteiger partial charge in [0.05, 0.1) is 31.9 Å². The largest absolute Gasteiger partial charge is 0.493 e. The summed E-state index contributed by atoms with van der Waals surface area (Å²) in [6, 6.07) is 11.8. The Morgan fingerprint density at radius 2 is 1.72 bits per heavy atom. The SMILES string of the molecule is COc1cc(-c2ccc(=O)n(CC(=O)Nc3ccccc3[N+](=O)[O-])n2)cc(OC)c1OC. The highest BCUT2D eigenvalue weighted by Crippen LogP contribution is 2.40. The number of ether oxygens (including phenoxy) is 3. The van der Waals surface area contributed by atoms with E-state index in [1.54, 1.807) is 18.2 Å². The third-order valence-electron chi connectivity index (χ3n) is 4.50. The van der Waals surface area contributed by atoms with Gasteiger partial charge in [-0.05, 0) is 24.3 Å². The molecule has 0 radical (unpaired) electrons. The molecule has 0 saturated carbocycles. The highest BCUT2D eigenvalue weighted by molar-refractivity contribution is 5.92. The molecule has 0 fully saturated rings. The molecule has 0 spiro atoms. The van der Waals surface area contributed by atoms with E-state index in [-0.39, 0.29) is 11.4 Å². The molecule has 32 heavy (non-hydrogen) atoms. The first kappa shape index (κ1) is 22.3. The number of methoxy groups -OCH3 is 3. The zero-order valence-electron chi connectivity index (χ0n) is 17.5. The number of nitrogens with one attached hydrogen (secondary N) is 1. The van der Waals surface area contributed by atoms with E-state index in [1.807, 2.05) is 0 Å². The summed E-state index contributed by atoms with van der Waals surface area (Å²) in [5.41, 5.74) is 0.192. The molecule has 0 aliphatic carbocycles. The molecule has 1 amide bonds. The molecule has 0 unspecified atom stereocenters. The molecule has 1 heterocycles. The quantitative estimate of drug-likeness (QED) is 0.417. The van der Waals surface area contributed by atoms with Crippen LogP contribution in [0.5, 0.6) is 17.2 Å². The zero-order chi connectivity index (χ0) is 23.3. The van der Waals surface area contributed by atoms with Gasteiger partial charge in [-0.25, -0.2) is 4.68 Å². The number of para-hydroxylation sites is 2. The van der Waals surface area contributed by atoms with Crippen LogP contribution in [0.15, 0.2) is 53.3 Å². The number of carbonyl (C=O) groups is 1. The van der Waals surface area contributed by atoms with Crippen molar-refractivity contribution in [2.45, 2.75) is 6.54 Å². The second kappa shape index (κ2) is 9.60. The fraction of sp³-hybridized carbons (Fsp3) is 0.190. The van der Waals surface area contributed by atoms with Crippen LogP contribution in [0.2, 0.25) is 0 Å². The van der Waals surface area contributed by atoms with Gasteiger partial charge in [-0.3, -0.25) is 19.7 Å². The van der Waals surface area contributed by atoms with Crippen molar-refractivity contribution in [1.82, 2.24) is 9.78 Å². The van der Waals surface area contributed by atoms with Crippen molar-refractivity contribution < 1.29 is 23.9 Å². The lowest BCUT2D eigenvalue weighted by molar-refractivity contribution is -0.383. The van der Waals surface area contributed by atoms with E-state index in [9.17, 15) is 19.7 Å². The van der Waals surface area contributed by atoms with E-state index in [2.05, 4.69) is 10.4 Å². The first-order valence-electron chi connectivity index (χ1n) is 9.29. The van der Waals surface area contributed by atoms with Gasteiger partial charge in [0.2, 0.25) is 11.7 Å². The van der Waals surface area contributed by atoms with E-state index in [1.165, 1.54) is 51.7 Å². The van der Waals surface area contributed by atoms with Gasteiger partial charge >= 0.3 is 0 Å². The Morgan fingerprint density at radius 3 is 2.31 bits per heavy atom. The van der Waals surface area contributed by atoms with E-state index >= 15 is 0 Å². The Kier molecular flexibility index (Phi) is 6.68. The molecular weight excluding hydrogens is 420 g/mol. The molecule has 0 saturated heterocycles. The van der Waals surface area contributed by atoms with Crippen molar-refractivity contribution in [2.75, 3.05) is 26.6 Å². The van der Waals surface area contributed by atoms with Crippen molar-refractivity contribution in [3.63, 3.8) is 0 Å². The van der Waals surface area contributed by atoms with E-state index in [4.69, 9.17) is 14.2 Å². The predicted molar refractivity (Wildman–Crippen MR) is 115 cm³/mol. The highest BCUT2D eigenvalue weighted by Gasteiger charge is 2.17. The number of nitro benzene ring substituents is 1. The minimum atomic E-state index is -0.643. The fourth-order valence-electron chi connectivity index (χ4n) is 3.01. The van der Waals surface area contributed by atoms with Crippen LogP contribution in [0.3, 0.4) is 0 Å². The maximum Gasteiger partial charge on any atom is 0.292 e. The molecule has 0 bridgehead atoms. The minimum Gasteiger partial charge on any atom is -0.493 e. The first-order valence-corrected chi connectivity index (χ1v) is 9.29. The minimum absolute atomic E-state index is 0.0244. The summed E-state index contributed by atoms with van der Waals surface area (Å²) < 4.78 is 16.9. The number of benzene rings is 2. The fourth-order valence-corrected chi connectivity index (χ4v) is 3.01. The number of hydrogen-bond acceptors (Lipinski definition) is 8. The van der Waals surface area contributed by atoms with Crippen LogP contribution in [-0.4, -0.2) is 41.9 Å². The number of rotatable bonds is 8. The van der Waals surface area contributed by atoms with Crippen molar-refractivity contribution in [1.29, 1.82) is 0 Å². The van der Waals surface area contributed by atoms with Gasteiger partial charge in [0.25, 0.3) is 11.2 Å². The van der Waals surface area contributed by atoms with Gasteiger partial charge in [-0.15, -0.1) is 0 Å². The van der Waals surface area contributed by atoms with Crippen LogP contribution in [0.1, 0.15) is 0 Å². The number of aromatic nitrogens is 2. The number of carbonyl (C=O) groups excluding carboxylic acids is 1. The van der Waals surface area contributed by atoms with Crippen LogP contribution in [0.4, 0.5) is 11.4 Å². The first-order chi connectivity index (χ1) is 15.4. The number of nitro groups is 1. The average molecular weight is 440 g/mol. The van der Waals surface area contributed by atoms with Crippen LogP contribution in [0, 0.1) is 10.1 Å². The number of hydrogen-bond donors (Lipinski definition) is 1. The second-order valence-corrected chi connectivity index (χ2v) is 6.45. The maximum absolute atomic E-state index is 12.5. The standard InChI is InChI=1S/C21H20N4O7/c1-30-17-10-13(11-18(31-2)21(17)32-3)14-8-9-20(27)24(23-14)12-19(26)22-15-6-4-5-7-16(15)25(28)29/h4-11H,12H2,1-3H3,(H,22,26). The summed E-state index contributed by atoms with van der Waals surface area (Å²) in [4.78, 5) is 35.2. The number of amides is 1. The van der Waals surface area contributed by atoms with E-state index in [0.29, 0.717) is 28.5 Å². The molecule has 3 rings (SSSR count). The smallest absolute Gasteiger partial charge is 0.292 e. The van der Waals surface area contributed by atoms with Crippen molar-refractivity contribution in [3.05, 3.63) is 69.0 Å². The average Bonchev–Trinajstić information content (AvgIpc) is 2.79. The van der Waals surface area contributed by atoms with Crippen LogP contribution < -0.4 is 25.1 Å². The van der Waals surface area contributed by atoms with Gasteiger partial charge in [0, 0.05) is 17.7 Å². The normalized spacial score (nSPS) is 10.3. The Hall–Kier alpha value is -4.41. The predicted octanol–water partition coefficient (Wildman–Crippen LogP) is 2.48. The zero-order valence-corrected chi connectivity index (χ0v) is 17.5. The molecule has 11 nitrogen and oxygen atoms in total. The summed E-state index contributed by atoms with van der Waals surface area (Å²) in [6.45, 7) is -0.441. The van der Waals surface area contributed by atoms with E-state index in [0.717, 1.165) is 4.68 Å². The van der Waals surface area contributed by atoms with Gasteiger partial charge < -0.3 is 19.5 Å². The molecular formula is C21H20N4O7. The Bertz CT molecular complexity index is 1200. The van der Waals surface area contributed by atoms with Gasteiger partial charge in [0.15, 0.2) is 11.5 Å². The van der Waals surface area contributed by atoms with Gasteiger partial charge in [-0.1, -0.05) is 12.1 Å². The molecule has 166 valence electrons. The lowest BCUT2D eigenvalue weighted by Crippen LogP contribution is -2.29. The maximum atomic E-state index is 12.5. The highest BCUT2D eigenvalue weighted by atomic mass is 16.6.